The zero-order valence-corrected chi connectivity index (χ0v) is 12.8. The molecule has 1 aromatic carbocycles. The second kappa shape index (κ2) is 6.11. The summed E-state index contributed by atoms with van der Waals surface area (Å²) in [6, 6.07) is 5.01. The Hall–Kier alpha value is -1.11. The number of aliphatic carboxylic acids is 1. The van der Waals surface area contributed by atoms with Gasteiger partial charge in [-0.2, -0.15) is 0 Å². The summed E-state index contributed by atoms with van der Waals surface area (Å²) in [4.78, 5) is 23.3. The molecule has 1 aliphatic heterocycles. The largest absolute Gasteiger partial charge is 0.481 e. The fourth-order valence-corrected chi connectivity index (χ4v) is 2.74. The lowest BCUT2D eigenvalue weighted by Gasteiger charge is -2.27. The van der Waals surface area contributed by atoms with Crippen molar-refractivity contribution in [2.75, 3.05) is 13.2 Å². The average Bonchev–Trinajstić information content (AvgIpc) is 2.79. The molecule has 0 aliphatic carbocycles. The minimum absolute atomic E-state index is 0.176. The molecule has 0 spiro atoms. The summed E-state index contributed by atoms with van der Waals surface area (Å²) < 4.78 is 5.84. The highest BCUT2D eigenvalue weighted by molar-refractivity contribution is 9.10. The van der Waals surface area contributed by atoms with Crippen LogP contribution in [0.5, 0.6) is 0 Å². The molecule has 20 heavy (non-hydrogen) atoms. The summed E-state index contributed by atoms with van der Waals surface area (Å²) in [5.74, 6) is -1.38. The highest BCUT2D eigenvalue weighted by atomic mass is 79.9. The van der Waals surface area contributed by atoms with E-state index >= 15 is 0 Å². The van der Waals surface area contributed by atoms with Crippen LogP contribution in [0.3, 0.4) is 0 Å². The van der Waals surface area contributed by atoms with Crippen LogP contribution in [0.1, 0.15) is 23.2 Å². The van der Waals surface area contributed by atoms with Crippen LogP contribution in [0.2, 0.25) is 5.02 Å². The monoisotopic (exact) mass is 361 g/mol. The van der Waals surface area contributed by atoms with E-state index in [1.165, 1.54) is 0 Å². The molecule has 0 radical (unpaired) electrons. The van der Waals surface area contributed by atoms with E-state index in [4.69, 9.17) is 21.4 Å². The van der Waals surface area contributed by atoms with Gasteiger partial charge in [-0.05, 0) is 34.5 Å². The molecule has 2 N–H and O–H groups in total. The maximum absolute atomic E-state index is 12.3. The predicted octanol–water partition coefficient (Wildman–Crippen LogP) is 2.47. The fraction of sp³-hybridized carbons (Fsp3) is 0.385. The molecule has 0 bridgehead atoms. The Bertz CT molecular complexity index is 543. The quantitative estimate of drug-likeness (QED) is 0.863. The summed E-state index contributed by atoms with van der Waals surface area (Å²) in [6.45, 7) is 0.621. The molecule has 2 rings (SSSR count). The van der Waals surface area contributed by atoms with Gasteiger partial charge in [0.1, 0.15) is 0 Å². The van der Waals surface area contributed by atoms with Gasteiger partial charge in [0.15, 0.2) is 0 Å². The van der Waals surface area contributed by atoms with E-state index in [1.54, 1.807) is 18.2 Å². The molecule has 1 amide bonds. The summed E-state index contributed by atoms with van der Waals surface area (Å²) in [6.07, 6.45) is 0.293. The molecule has 1 aliphatic rings. The molecule has 1 saturated heterocycles. The number of carboxylic acid groups (broad SMARTS) is 1. The number of rotatable bonds is 4. The summed E-state index contributed by atoms with van der Waals surface area (Å²) >= 11 is 9.32. The van der Waals surface area contributed by atoms with E-state index < -0.39 is 17.4 Å². The Kier molecular flexibility index (Phi) is 4.67. The van der Waals surface area contributed by atoms with E-state index in [0.29, 0.717) is 28.1 Å². The van der Waals surface area contributed by atoms with Crippen LogP contribution in [-0.4, -0.2) is 35.7 Å². The number of ether oxygens (including phenoxy) is 1. The van der Waals surface area contributed by atoms with Crippen LogP contribution in [0.25, 0.3) is 0 Å². The van der Waals surface area contributed by atoms with Crippen molar-refractivity contribution in [2.24, 2.45) is 0 Å². The van der Waals surface area contributed by atoms with Gasteiger partial charge in [0.05, 0.1) is 29.2 Å². The van der Waals surface area contributed by atoms with Gasteiger partial charge in [-0.1, -0.05) is 17.7 Å². The first kappa shape index (κ1) is 15.3. The molecule has 0 aromatic heterocycles. The normalized spacial score (nSPS) is 21.7. The molecule has 5 nitrogen and oxygen atoms in total. The van der Waals surface area contributed by atoms with Crippen molar-refractivity contribution < 1.29 is 19.4 Å². The molecule has 0 saturated carbocycles. The number of benzene rings is 1. The van der Waals surface area contributed by atoms with Gasteiger partial charge >= 0.3 is 5.97 Å². The number of carbonyl (C=O) groups excluding carboxylic acids is 1. The lowest BCUT2D eigenvalue weighted by Crippen LogP contribution is -2.50. The maximum atomic E-state index is 12.3. The Morgan fingerprint density at radius 3 is 2.85 bits per heavy atom. The summed E-state index contributed by atoms with van der Waals surface area (Å²) in [5.41, 5.74) is -0.563. The molecular weight excluding hydrogens is 350 g/mol. The Morgan fingerprint density at radius 2 is 2.25 bits per heavy atom. The molecule has 1 heterocycles. The first-order valence-electron chi connectivity index (χ1n) is 6.00. The van der Waals surface area contributed by atoms with Gasteiger partial charge in [-0.25, -0.2) is 0 Å². The Labute approximate surface area is 129 Å². The van der Waals surface area contributed by atoms with Crippen molar-refractivity contribution in [1.82, 2.24) is 5.32 Å². The number of hydrogen-bond donors (Lipinski definition) is 2. The van der Waals surface area contributed by atoms with Crippen molar-refractivity contribution in [2.45, 2.75) is 18.4 Å². The van der Waals surface area contributed by atoms with Crippen LogP contribution >= 0.6 is 27.5 Å². The molecule has 7 heteroatoms. The third kappa shape index (κ3) is 3.31. The first-order chi connectivity index (χ1) is 9.43. The third-order valence-electron chi connectivity index (χ3n) is 3.17. The third-order valence-corrected chi connectivity index (χ3v) is 4.46. The summed E-state index contributed by atoms with van der Waals surface area (Å²) in [5, 5.41) is 12.0. The lowest BCUT2D eigenvalue weighted by molar-refractivity contribution is -0.138. The second-order valence-corrected chi connectivity index (χ2v) is 5.94. The van der Waals surface area contributed by atoms with Crippen molar-refractivity contribution in [3.8, 4) is 0 Å². The molecule has 1 fully saturated rings. The van der Waals surface area contributed by atoms with Gasteiger partial charge in [0.25, 0.3) is 5.91 Å². The van der Waals surface area contributed by atoms with Crippen LogP contribution in [0.15, 0.2) is 22.7 Å². The fourth-order valence-electron chi connectivity index (χ4n) is 2.17. The van der Waals surface area contributed by atoms with Crippen molar-refractivity contribution in [1.29, 1.82) is 0 Å². The molecule has 108 valence electrons. The Morgan fingerprint density at radius 1 is 1.50 bits per heavy atom. The van der Waals surface area contributed by atoms with Gasteiger partial charge in [0.2, 0.25) is 0 Å². The number of amides is 1. The highest BCUT2D eigenvalue weighted by Gasteiger charge is 2.39. The van der Waals surface area contributed by atoms with Gasteiger partial charge in [-0.15, -0.1) is 0 Å². The van der Waals surface area contributed by atoms with Crippen LogP contribution in [0.4, 0.5) is 0 Å². The van der Waals surface area contributed by atoms with E-state index in [2.05, 4.69) is 21.2 Å². The standard InChI is InChI=1S/C13H13BrClNO4/c14-9-3-1-2-8(11(9)15)12(19)16-13(6-10(17)18)4-5-20-7-13/h1-3H,4-7H2,(H,16,19)(H,17,18). The van der Waals surface area contributed by atoms with E-state index in [9.17, 15) is 9.59 Å². The number of carboxylic acids is 1. The molecule has 1 aromatic rings. The number of nitrogens with one attached hydrogen (secondary N) is 1. The topological polar surface area (TPSA) is 75.6 Å². The number of carbonyl (C=O) groups is 2. The zero-order valence-electron chi connectivity index (χ0n) is 10.5. The van der Waals surface area contributed by atoms with E-state index in [1.807, 2.05) is 0 Å². The van der Waals surface area contributed by atoms with Crippen LogP contribution < -0.4 is 5.32 Å². The summed E-state index contributed by atoms with van der Waals surface area (Å²) in [7, 11) is 0. The smallest absolute Gasteiger partial charge is 0.305 e. The van der Waals surface area contributed by atoms with Gasteiger partial charge < -0.3 is 15.2 Å². The minimum atomic E-state index is -0.976. The number of halogens is 2. The zero-order chi connectivity index (χ0) is 14.8. The minimum Gasteiger partial charge on any atom is -0.481 e. The van der Waals surface area contributed by atoms with Crippen molar-refractivity contribution in [3.63, 3.8) is 0 Å². The predicted molar refractivity (Wildman–Crippen MR) is 77.0 cm³/mol. The van der Waals surface area contributed by atoms with Crippen molar-refractivity contribution in [3.05, 3.63) is 33.3 Å². The van der Waals surface area contributed by atoms with E-state index in [-0.39, 0.29) is 13.0 Å². The molecule has 1 unspecified atom stereocenters. The average molecular weight is 363 g/mol. The van der Waals surface area contributed by atoms with E-state index in [0.717, 1.165) is 0 Å². The second-order valence-electron chi connectivity index (χ2n) is 4.71. The lowest BCUT2D eigenvalue weighted by atomic mass is 9.93. The van der Waals surface area contributed by atoms with Crippen molar-refractivity contribution >= 4 is 39.4 Å². The molecular formula is C13H13BrClNO4. The molecule has 1 atom stereocenters. The van der Waals surface area contributed by atoms with Gasteiger partial charge in [-0.3, -0.25) is 9.59 Å². The van der Waals surface area contributed by atoms with Gasteiger partial charge in [0, 0.05) is 11.1 Å². The first-order valence-corrected chi connectivity index (χ1v) is 7.17. The van der Waals surface area contributed by atoms with Crippen LogP contribution in [0, 0.1) is 0 Å². The Balaban J connectivity index is 2.20. The SMILES string of the molecule is O=C(O)CC1(NC(=O)c2cccc(Br)c2Cl)CCOC1. The maximum Gasteiger partial charge on any atom is 0.305 e. The van der Waals surface area contributed by atoms with Crippen LogP contribution in [-0.2, 0) is 9.53 Å². The highest BCUT2D eigenvalue weighted by Crippen LogP contribution is 2.28. The number of hydrogen-bond acceptors (Lipinski definition) is 3.